The molecule has 60 heavy (non-hydrogen) atoms. The molecule has 1 aromatic heterocycles. The second-order valence-electron chi connectivity index (χ2n) is 13.4. The van der Waals surface area contributed by atoms with Gasteiger partial charge in [0, 0.05) is 16.6 Å². The Kier molecular flexibility index (Phi) is 21.1. The summed E-state index contributed by atoms with van der Waals surface area (Å²) in [5, 5.41) is 30.0. The largest absolute Gasteiger partial charge is 0.508 e. The molecule has 1 saturated heterocycles. The number of fused-ring (bicyclic) bond motifs is 1. The van der Waals surface area contributed by atoms with Crippen molar-refractivity contribution in [2.45, 2.75) is 36.8 Å². The first kappa shape index (κ1) is 48.4. The van der Waals surface area contributed by atoms with Gasteiger partial charge in [0.2, 0.25) is 5.91 Å². The lowest BCUT2D eigenvalue weighted by atomic mass is 9.93. The molecule has 1 fully saturated rings. The van der Waals surface area contributed by atoms with Crippen LogP contribution in [-0.4, -0.2) is 163 Å². The lowest BCUT2D eigenvalue weighted by molar-refractivity contribution is -0.137. The van der Waals surface area contributed by atoms with Gasteiger partial charge in [-0.2, -0.15) is 13.2 Å². The van der Waals surface area contributed by atoms with Crippen LogP contribution in [0, 0.1) is 0 Å². The van der Waals surface area contributed by atoms with Gasteiger partial charge in [0.15, 0.2) is 6.10 Å². The van der Waals surface area contributed by atoms with Crippen molar-refractivity contribution in [3.05, 3.63) is 70.0 Å². The van der Waals surface area contributed by atoms with Crippen molar-refractivity contribution >= 4 is 22.8 Å². The third kappa shape index (κ3) is 16.3. The van der Waals surface area contributed by atoms with E-state index in [0.717, 1.165) is 6.07 Å². The molecule has 2 aromatic carbocycles. The van der Waals surface area contributed by atoms with Gasteiger partial charge in [-0.05, 0) is 35.6 Å². The number of hydrogen-bond acceptors (Lipinski definition) is 15. The molecule has 1 aliphatic rings. The van der Waals surface area contributed by atoms with Crippen LogP contribution in [0.2, 0.25) is 0 Å². The molecule has 4 rings (SSSR count). The number of aliphatic hydroxyl groups is 3. The fourth-order valence-electron chi connectivity index (χ4n) is 6.09. The Labute approximate surface area is 343 Å². The van der Waals surface area contributed by atoms with Crippen LogP contribution in [0.15, 0.2) is 53.3 Å². The standard InChI is InChI=1S/C40H53F3N2O15/c41-40(42,43)35-4-2-1-3-32(35)36-20-28-6-5-27(19-33(28)38(50)45-36)34-21-29(44-37(34)49)22-59-39(51)60-31(25-57-18-15-54-12-9-48)26-58-30(23-55-16-13-52-10-7-46)24-56-17-14-53-11-8-47/h1-6,19-20,29-31,34,46-48H,7-18,21-26H2,(H,44,49)(H,45,50)/t29?,31?,34-/m0/s1. The third-order valence-corrected chi connectivity index (χ3v) is 8.90. The molecule has 0 radical (unpaired) electrons. The smallest absolute Gasteiger partial charge is 0.432 e. The van der Waals surface area contributed by atoms with Gasteiger partial charge in [0.25, 0.3) is 5.56 Å². The predicted octanol–water partition coefficient (Wildman–Crippen LogP) is 2.17. The molecule has 0 aliphatic carbocycles. The molecule has 2 unspecified atom stereocenters. The van der Waals surface area contributed by atoms with Crippen molar-refractivity contribution in [1.29, 1.82) is 0 Å². The van der Waals surface area contributed by atoms with Crippen molar-refractivity contribution in [2.75, 3.05) is 112 Å². The highest BCUT2D eigenvalue weighted by atomic mass is 19.4. The number of H-pyrrole nitrogens is 1. The first-order valence-electron chi connectivity index (χ1n) is 19.4. The van der Waals surface area contributed by atoms with Gasteiger partial charge in [0.1, 0.15) is 12.7 Å². The molecule has 3 atom stereocenters. The number of aliphatic hydroxyl groups excluding tert-OH is 3. The van der Waals surface area contributed by atoms with E-state index in [1.165, 1.54) is 30.3 Å². The van der Waals surface area contributed by atoms with Crippen LogP contribution in [-0.2, 0) is 53.6 Å². The lowest BCUT2D eigenvalue weighted by Gasteiger charge is -2.23. The molecule has 1 amide bonds. The van der Waals surface area contributed by atoms with Crippen molar-refractivity contribution in [1.82, 2.24) is 10.3 Å². The Morgan fingerprint density at radius 2 is 1.32 bits per heavy atom. The summed E-state index contributed by atoms with van der Waals surface area (Å²) in [6.45, 7) is 0.894. The summed E-state index contributed by atoms with van der Waals surface area (Å²) < 4.78 is 90.4. The molecular formula is C40H53F3N2O15. The molecular weight excluding hydrogens is 805 g/mol. The van der Waals surface area contributed by atoms with Crippen LogP contribution < -0.4 is 10.9 Å². The summed E-state index contributed by atoms with van der Waals surface area (Å²) in [5.41, 5.74) is -1.19. The minimum absolute atomic E-state index is 0.000235. The Morgan fingerprint density at radius 3 is 1.92 bits per heavy atom. The molecule has 20 heteroatoms. The van der Waals surface area contributed by atoms with Crippen LogP contribution in [0.3, 0.4) is 0 Å². The van der Waals surface area contributed by atoms with Gasteiger partial charge < -0.3 is 68.3 Å². The second kappa shape index (κ2) is 26.2. The number of amides is 1. The molecule has 5 N–H and O–H groups in total. The Bertz CT molecular complexity index is 1780. The summed E-state index contributed by atoms with van der Waals surface area (Å²) >= 11 is 0. The highest BCUT2D eigenvalue weighted by molar-refractivity contribution is 5.90. The molecule has 3 aromatic rings. The number of aromatic nitrogens is 1. The maximum atomic E-state index is 13.7. The van der Waals surface area contributed by atoms with E-state index in [1.807, 2.05) is 0 Å². The number of nitrogens with one attached hydrogen (secondary N) is 2. The van der Waals surface area contributed by atoms with E-state index in [1.54, 1.807) is 12.1 Å². The van der Waals surface area contributed by atoms with E-state index in [2.05, 4.69) is 10.3 Å². The summed E-state index contributed by atoms with van der Waals surface area (Å²) in [7, 11) is 0. The highest BCUT2D eigenvalue weighted by Gasteiger charge is 2.35. The summed E-state index contributed by atoms with van der Waals surface area (Å²) in [6.07, 6.45) is -7.09. The molecule has 0 bridgehead atoms. The Morgan fingerprint density at radius 1 is 0.733 bits per heavy atom. The molecule has 0 spiro atoms. The van der Waals surface area contributed by atoms with Crippen LogP contribution in [0.4, 0.5) is 18.0 Å². The normalized spacial score (nSPS) is 16.1. The summed E-state index contributed by atoms with van der Waals surface area (Å²) in [4.78, 5) is 41.6. The van der Waals surface area contributed by atoms with Crippen LogP contribution in [0.5, 0.6) is 0 Å². The third-order valence-electron chi connectivity index (χ3n) is 8.90. The zero-order chi connectivity index (χ0) is 43.2. The van der Waals surface area contributed by atoms with Gasteiger partial charge >= 0.3 is 12.3 Å². The monoisotopic (exact) mass is 858 g/mol. The summed E-state index contributed by atoms with van der Waals surface area (Å²) in [6, 6.07) is 10.5. The Hall–Kier alpha value is -4.22. The fraction of sp³-hybridized carbons (Fsp3) is 0.575. The number of halogens is 3. The highest BCUT2D eigenvalue weighted by Crippen LogP contribution is 2.37. The minimum Gasteiger partial charge on any atom is -0.432 e. The van der Waals surface area contributed by atoms with Gasteiger partial charge in [0.05, 0.1) is 123 Å². The molecule has 1 aliphatic heterocycles. The zero-order valence-corrected chi connectivity index (χ0v) is 33.0. The minimum atomic E-state index is -4.63. The average Bonchev–Trinajstić information content (AvgIpc) is 3.61. The number of carbonyl (C=O) groups excluding carboxylic acids is 2. The van der Waals surface area contributed by atoms with Gasteiger partial charge in [-0.25, -0.2) is 4.79 Å². The number of hydrogen-bond donors (Lipinski definition) is 5. The van der Waals surface area contributed by atoms with Crippen LogP contribution in [0.25, 0.3) is 22.0 Å². The first-order valence-corrected chi connectivity index (χ1v) is 19.4. The summed E-state index contributed by atoms with van der Waals surface area (Å²) in [5.74, 6) is -1.09. The van der Waals surface area contributed by atoms with E-state index in [9.17, 15) is 27.6 Å². The van der Waals surface area contributed by atoms with Gasteiger partial charge in [-0.1, -0.05) is 30.3 Å². The van der Waals surface area contributed by atoms with Crippen molar-refractivity contribution in [3.63, 3.8) is 0 Å². The fourth-order valence-corrected chi connectivity index (χ4v) is 6.09. The van der Waals surface area contributed by atoms with E-state index >= 15 is 0 Å². The van der Waals surface area contributed by atoms with Crippen molar-refractivity contribution < 1.29 is 80.7 Å². The molecule has 334 valence electrons. The molecule has 2 heterocycles. The number of alkyl halides is 3. The zero-order valence-electron chi connectivity index (χ0n) is 33.0. The maximum absolute atomic E-state index is 13.7. The SMILES string of the molecule is O=C(OCC1C[C@@H](c2ccc3cc(-c4ccccc4C(F)(F)F)[nH]c(=O)c3c2)C(=O)N1)OC(COCCOCCO)COC(COCCOCCO)COCCOCCO. The maximum Gasteiger partial charge on any atom is 0.508 e. The van der Waals surface area contributed by atoms with E-state index in [4.69, 9.17) is 58.0 Å². The van der Waals surface area contributed by atoms with Crippen molar-refractivity contribution in [2.24, 2.45) is 0 Å². The first-order chi connectivity index (χ1) is 29.0. The van der Waals surface area contributed by atoms with E-state index in [0.29, 0.717) is 10.9 Å². The quantitative estimate of drug-likeness (QED) is 0.0499. The number of pyridine rings is 1. The number of benzene rings is 2. The number of rotatable bonds is 29. The van der Waals surface area contributed by atoms with Gasteiger partial charge in [-0.15, -0.1) is 0 Å². The van der Waals surface area contributed by atoms with Crippen LogP contribution >= 0.6 is 0 Å². The lowest BCUT2D eigenvalue weighted by Crippen LogP contribution is -2.36. The molecule has 0 saturated carbocycles. The average molecular weight is 859 g/mol. The topological polar surface area (TPSA) is 223 Å². The number of aromatic amines is 1. The number of carbonyl (C=O) groups is 2. The second-order valence-corrected chi connectivity index (χ2v) is 13.4. The van der Waals surface area contributed by atoms with E-state index in [-0.39, 0.29) is 141 Å². The van der Waals surface area contributed by atoms with E-state index < -0.39 is 47.6 Å². The van der Waals surface area contributed by atoms with Crippen molar-refractivity contribution in [3.8, 4) is 11.3 Å². The predicted molar refractivity (Wildman–Crippen MR) is 206 cm³/mol. The van der Waals surface area contributed by atoms with Gasteiger partial charge in [-0.3, -0.25) is 9.59 Å². The Balaban J connectivity index is 1.34. The molecule has 17 nitrogen and oxygen atoms in total. The van der Waals surface area contributed by atoms with Crippen LogP contribution in [0.1, 0.15) is 23.5 Å². The number of ether oxygens (including phenoxy) is 9.